The Balaban J connectivity index is 2.29. The van der Waals surface area contributed by atoms with Gasteiger partial charge in [0.2, 0.25) is 0 Å². The van der Waals surface area contributed by atoms with Crippen LogP contribution in [-0.4, -0.2) is 32.1 Å². The maximum atomic E-state index is 11.6. The largest absolute Gasteiger partial charge is 0.496 e. The van der Waals surface area contributed by atoms with Gasteiger partial charge in [-0.3, -0.25) is 4.79 Å². The number of thiophene rings is 1. The van der Waals surface area contributed by atoms with E-state index in [4.69, 9.17) is 4.74 Å². The van der Waals surface area contributed by atoms with E-state index in [9.17, 15) is 4.79 Å². The first-order valence-corrected chi connectivity index (χ1v) is 6.15. The van der Waals surface area contributed by atoms with Gasteiger partial charge in [-0.05, 0) is 0 Å². The Bertz CT molecular complexity index is 336. The van der Waals surface area contributed by atoms with E-state index < -0.39 is 0 Å². The van der Waals surface area contributed by atoms with Gasteiger partial charge in [0.15, 0.2) is 0 Å². The standard InChI is InChI=1S/C11H18N2O2S/c1-8(2)12-4-5-13-11(14)10-6-9(15-3)7-16-10/h6-8,12H,4-5H2,1-3H3,(H,13,14). The molecule has 5 heteroatoms. The van der Waals surface area contributed by atoms with Crippen LogP contribution in [0.1, 0.15) is 23.5 Å². The van der Waals surface area contributed by atoms with Crippen LogP contribution in [-0.2, 0) is 0 Å². The van der Waals surface area contributed by atoms with Crippen molar-refractivity contribution in [3.05, 3.63) is 16.3 Å². The van der Waals surface area contributed by atoms with Crippen molar-refractivity contribution in [2.45, 2.75) is 19.9 Å². The van der Waals surface area contributed by atoms with Gasteiger partial charge < -0.3 is 15.4 Å². The summed E-state index contributed by atoms with van der Waals surface area (Å²) in [5, 5.41) is 7.90. The summed E-state index contributed by atoms with van der Waals surface area (Å²) in [5.74, 6) is 0.689. The summed E-state index contributed by atoms with van der Waals surface area (Å²) in [6.45, 7) is 5.57. The number of ether oxygens (including phenoxy) is 1. The molecule has 0 aliphatic carbocycles. The van der Waals surface area contributed by atoms with Crippen molar-refractivity contribution >= 4 is 17.2 Å². The van der Waals surface area contributed by atoms with Gasteiger partial charge in [-0.25, -0.2) is 0 Å². The summed E-state index contributed by atoms with van der Waals surface area (Å²) < 4.78 is 5.02. The number of carbonyl (C=O) groups is 1. The molecule has 1 heterocycles. The van der Waals surface area contributed by atoms with Gasteiger partial charge in [0, 0.05) is 30.6 Å². The lowest BCUT2D eigenvalue weighted by Crippen LogP contribution is -2.34. The Hall–Kier alpha value is -1.07. The van der Waals surface area contributed by atoms with Crippen LogP contribution in [0, 0.1) is 0 Å². The van der Waals surface area contributed by atoms with Crippen molar-refractivity contribution in [1.29, 1.82) is 0 Å². The van der Waals surface area contributed by atoms with Crippen LogP contribution < -0.4 is 15.4 Å². The molecule has 0 aromatic carbocycles. The minimum atomic E-state index is -0.0427. The highest BCUT2D eigenvalue weighted by Crippen LogP contribution is 2.20. The van der Waals surface area contributed by atoms with E-state index in [-0.39, 0.29) is 5.91 Å². The Kier molecular flexibility index (Phi) is 5.28. The molecule has 0 radical (unpaired) electrons. The maximum absolute atomic E-state index is 11.6. The summed E-state index contributed by atoms with van der Waals surface area (Å²) in [5.41, 5.74) is 0. The molecule has 0 aliphatic rings. The van der Waals surface area contributed by atoms with Crippen LogP contribution in [0.2, 0.25) is 0 Å². The molecule has 16 heavy (non-hydrogen) atoms. The minimum Gasteiger partial charge on any atom is -0.496 e. The van der Waals surface area contributed by atoms with Gasteiger partial charge >= 0.3 is 0 Å². The molecule has 0 unspecified atom stereocenters. The number of rotatable bonds is 6. The van der Waals surface area contributed by atoms with Gasteiger partial charge in [0.1, 0.15) is 5.75 Å². The van der Waals surface area contributed by atoms with Crippen LogP contribution in [0.3, 0.4) is 0 Å². The fourth-order valence-electron chi connectivity index (χ4n) is 1.17. The molecule has 0 spiro atoms. The van der Waals surface area contributed by atoms with Gasteiger partial charge in [-0.15, -0.1) is 11.3 Å². The number of hydrogen-bond acceptors (Lipinski definition) is 4. The predicted octanol–water partition coefficient (Wildman–Crippen LogP) is 1.48. The van der Waals surface area contributed by atoms with E-state index in [0.29, 0.717) is 17.5 Å². The van der Waals surface area contributed by atoms with Crippen LogP contribution in [0.5, 0.6) is 5.75 Å². The van der Waals surface area contributed by atoms with E-state index in [1.54, 1.807) is 13.2 Å². The Morgan fingerprint density at radius 2 is 2.25 bits per heavy atom. The molecule has 0 atom stereocenters. The van der Waals surface area contributed by atoms with E-state index >= 15 is 0 Å². The zero-order valence-electron chi connectivity index (χ0n) is 9.87. The first-order chi connectivity index (χ1) is 7.63. The van der Waals surface area contributed by atoms with Gasteiger partial charge in [0.25, 0.3) is 5.91 Å². The first-order valence-electron chi connectivity index (χ1n) is 5.27. The normalized spacial score (nSPS) is 10.5. The molecular weight excluding hydrogens is 224 g/mol. The highest BCUT2D eigenvalue weighted by atomic mass is 32.1. The fourth-order valence-corrected chi connectivity index (χ4v) is 1.94. The molecule has 4 nitrogen and oxygen atoms in total. The summed E-state index contributed by atoms with van der Waals surface area (Å²) in [6.07, 6.45) is 0. The van der Waals surface area contributed by atoms with Crippen LogP contribution in [0.15, 0.2) is 11.4 Å². The third-order valence-corrected chi connectivity index (χ3v) is 2.91. The van der Waals surface area contributed by atoms with E-state index in [2.05, 4.69) is 24.5 Å². The Labute approximate surface area is 100 Å². The SMILES string of the molecule is COc1csc(C(=O)NCCNC(C)C)c1. The van der Waals surface area contributed by atoms with E-state index in [1.165, 1.54) is 11.3 Å². The quantitative estimate of drug-likeness (QED) is 0.743. The number of amides is 1. The zero-order valence-corrected chi connectivity index (χ0v) is 10.7. The third kappa shape index (κ3) is 4.20. The topological polar surface area (TPSA) is 50.4 Å². The monoisotopic (exact) mass is 242 g/mol. The lowest BCUT2D eigenvalue weighted by Gasteiger charge is -2.08. The van der Waals surface area contributed by atoms with Crippen molar-refractivity contribution in [2.75, 3.05) is 20.2 Å². The molecule has 0 bridgehead atoms. The molecular formula is C11H18N2O2S. The molecule has 1 aromatic heterocycles. The van der Waals surface area contributed by atoms with Crippen LogP contribution in [0.4, 0.5) is 0 Å². The van der Waals surface area contributed by atoms with Crippen molar-refractivity contribution in [3.63, 3.8) is 0 Å². The number of methoxy groups -OCH3 is 1. The van der Waals surface area contributed by atoms with Crippen molar-refractivity contribution in [1.82, 2.24) is 10.6 Å². The molecule has 0 aliphatic heterocycles. The van der Waals surface area contributed by atoms with Crippen LogP contribution >= 0.6 is 11.3 Å². The Morgan fingerprint density at radius 3 is 2.81 bits per heavy atom. The van der Waals surface area contributed by atoms with E-state index in [1.807, 2.05) is 5.38 Å². The summed E-state index contributed by atoms with van der Waals surface area (Å²) >= 11 is 1.39. The van der Waals surface area contributed by atoms with Crippen molar-refractivity contribution in [2.24, 2.45) is 0 Å². The van der Waals surface area contributed by atoms with Crippen molar-refractivity contribution < 1.29 is 9.53 Å². The molecule has 0 saturated heterocycles. The molecule has 0 saturated carbocycles. The second kappa shape index (κ2) is 6.50. The zero-order chi connectivity index (χ0) is 12.0. The average molecular weight is 242 g/mol. The average Bonchev–Trinajstić information content (AvgIpc) is 2.72. The fraction of sp³-hybridized carbons (Fsp3) is 0.545. The predicted molar refractivity (Wildman–Crippen MR) is 66.3 cm³/mol. The third-order valence-electron chi connectivity index (χ3n) is 2.00. The minimum absolute atomic E-state index is 0.0427. The molecule has 1 amide bonds. The molecule has 0 fully saturated rings. The van der Waals surface area contributed by atoms with Gasteiger partial charge in [0.05, 0.1) is 12.0 Å². The Morgan fingerprint density at radius 1 is 1.50 bits per heavy atom. The first kappa shape index (κ1) is 13.0. The van der Waals surface area contributed by atoms with E-state index in [0.717, 1.165) is 12.3 Å². The molecule has 1 rings (SSSR count). The lowest BCUT2D eigenvalue weighted by atomic mass is 10.4. The second-order valence-corrected chi connectivity index (χ2v) is 4.63. The number of hydrogen-bond donors (Lipinski definition) is 2. The summed E-state index contributed by atoms with van der Waals surface area (Å²) in [7, 11) is 1.59. The highest BCUT2D eigenvalue weighted by molar-refractivity contribution is 7.12. The maximum Gasteiger partial charge on any atom is 0.261 e. The van der Waals surface area contributed by atoms with Gasteiger partial charge in [-0.1, -0.05) is 13.8 Å². The summed E-state index contributed by atoms with van der Waals surface area (Å²) in [6, 6.07) is 2.19. The van der Waals surface area contributed by atoms with Crippen molar-refractivity contribution in [3.8, 4) is 5.75 Å². The highest BCUT2D eigenvalue weighted by Gasteiger charge is 2.08. The molecule has 2 N–H and O–H groups in total. The van der Waals surface area contributed by atoms with Gasteiger partial charge in [-0.2, -0.15) is 0 Å². The number of nitrogens with one attached hydrogen (secondary N) is 2. The lowest BCUT2D eigenvalue weighted by molar-refractivity contribution is 0.0957. The number of carbonyl (C=O) groups excluding carboxylic acids is 1. The molecule has 90 valence electrons. The van der Waals surface area contributed by atoms with Crippen LogP contribution in [0.25, 0.3) is 0 Å². The second-order valence-electron chi connectivity index (χ2n) is 3.72. The molecule has 1 aromatic rings. The summed E-state index contributed by atoms with van der Waals surface area (Å²) in [4.78, 5) is 12.3. The smallest absolute Gasteiger partial charge is 0.261 e.